The van der Waals surface area contributed by atoms with Gasteiger partial charge < -0.3 is 24.8 Å². The van der Waals surface area contributed by atoms with Crippen LogP contribution in [0.2, 0.25) is 0 Å². The molecule has 0 bridgehead atoms. The third-order valence-electron chi connectivity index (χ3n) is 6.11. The molecule has 1 aromatic rings. The number of rotatable bonds is 6. The number of hydrogen-bond donors (Lipinski definition) is 1. The van der Waals surface area contributed by atoms with Crippen molar-refractivity contribution >= 4 is 18.5 Å². The van der Waals surface area contributed by atoms with Crippen LogP contribution in [0.3, 0.4) is 0 Å². The summed E-state index contributed by atoms with van der Waals surface area (Å²) >= 11 is 0. The fourth-order valence-corrected chi connectivity index (χ4v) is 3.78. The summed E-state index contributed by atoms with van der Waals surface area (Å²) in [6.45, 7) is 13.1. The second-order valence-electron chi connectivity index (χ2n) is 8.88. The Morgan fingerprint density at radius 2 is 1.85 bits per heavy atom. The van der Waals surface area contributed by atoms with Crippen molar-refractivity contribution in [2.45, 2.75) is 51.7 Å². The summed E-state index contributed by atoms with van der Waals surface area (Å²) in [5.41, 5.74) is 5.85. The largest absolute Gasteiger partial charge is 0.498 e. The highest BCUT2D eigenvalue weighted by atomic mass is 16.7. The van der Waals surface area contributed by atoms with Crippen LogP contribution in [0.1, 0.15) is 40.5 Å². The Morgan fingerprint density at radius 1 is 1.22 bits per heavy atom. The lowest BCUT2D eigenvalue weighted by Crippen LogP contribution is -2.42. The van der Waals surface area contributed by atoms with E-state index < -0.39 is 7.12 Å². The van der Waals surface area contributed by atoms with Crippen molar-refractivity contribution in [2.75, 3.05) is 44.7 Å². The summed E-state index contributed by atoms with van der Waals surface area (Å²) in [7, 11) is 1.64. The van der Waals surface area contributed by atoms with Crippen molar-refractivity contribution in [3.05, 3.63) is 12.4 Å². The molecule has 2 saturated heterocycles. The Kier molecular flexibility index (Phi) is 6.10. The summed E-state index contributed by atoms with van der Waals surface area (Å²) in [4.78, 5) is 13.7. The van der Waals surface area contributed by atoms with Gasteiger partial charge >= 0.3 is 7.12 Å². The maximum atomic E-state index is 6.08. The minimum atomic E-state index is -0.419. The molecule has 0 amide bonds. The number of piperidine rings is 1. The molecular formula is C19H34BN5O2. The fraction of sp³-hybridized carbons (Fsp3) is 0.789. The predicted molar refractivity (Wildman–Crippen MR) is 109 cm³/mol. The van der Waals surface area contributed by atoms with Crippen LogP contribution >= 0.6 is 0 Å². The third kappa shape index (κ3) is 4.62. The van der Waals surface area contributed by atoms with Gasteiger partial charge in [-0.2, -0.15) is 0 Å². The van der Waals surface area contributed by atoms with Gasteiger partial charge in [-0.25, -0.2) is 9.97 Å². The van der Waals surface area contributed by atoms with Gasteiger partial charge in [0.25, 0.3) is 0 Å². The van der Waals surface area contributed by atoms with Gasteiger partial charge in [-0.1, -0.05) is 0 Å². The first-order chi connectivity index (χ1) is 12.7. The maximum Gasteiger partial charge on any atom is 0.498 e. The summed E-state index contributed by atoms with van der Waals surface area (Å²) in [5, 5.41) is 0. The fourth-order valence-electron chi connectivity index (χ4n) is 3.78. The van der Waals surface area contributed by atoms with E-state index in [1.54, 1.807) is 0 Å². The van der Waals surface area contributed by atoms with Gasteiger partial charge in [-0.15, -0.1) is 0 Å². The maximum absolute atomic E-state index is 6.08. The average molecular weight is 375 g/mol. The molecule has 7 nitrogen and oxygen atoms in total. The molecule has 2 aliphatic rings. The zero-order valence-electron chi connectivity index (χ0n) is 17.4. The van der Waals surface area contributed by atoms with Crippen LogP contribution in [-0.4, -0.2) is 73.0 Å². The molecule has 2 fully saturated rings. The van der Waals surface area contributed by atoms with Gasteiger partial charge in [0, 0.05) is 51.1 Å². The molecule has 0 saturated carbocycles. The normalized spacial score (nSPS) is 25.0. The topological polar surface area (TPSA) is 76.7 Å². The van der Waals surface area contributed by atoms with E-state index in [0.717, 1.165) is 44.1 Å². The lowest BCUT2D eigenvalue weighted by molar-refractivity contribution is 0.00578. The number of likely N-dealkylation sites (tertiary alicyclic amines) is 1. The monoisotopic (exact) mass is 375 g/mol. The van der Waals surface area contributed by atoms with Crippen LogP contribution < -0.4 is 16.1 Å². The van der Waals surface area contributed by atoms with E-state index in [-0.39, 0.29) is 11.2 Å². The molecule has 2 aliphatic heterocycles. The summed E-state index contributed by atoms with van der Waals surface area (Å²) in [5.74, 6) is 1.37. The van der Waals surface area contributed by atoms with Gasteiger partial charge in [0.15, 0.2) is 0 Å². The van der Waals surface area contributed by atoms with Gasteiger partial charge in [-0.05, 0) is 53.0 Å². The average Bonchev–Trinajstić information content (AvgIpc) is 2.83. The third-order valence-corrected chi connectivity index (χ3v) is 6.11. The van der Waals surface area contributed by atoms with Crippen molar-refractivity contribution < 1.29 is 9.31 Å². The molecular weight excluding hydrogens is 341 g/mol. The van der Waals surface area contributed by atoms with E-state index in [4.69, 9.17) is 15.0 Å². The van der Waals surface area contributed by atoms with Crippen LogP contribution in [0.15, 0.2) is 12.4 Å². The minimum absolute atomic E-state index is 0.358. The van der Waals surface area contributed by atoms with Gasteiger partial charge in [0.05, 0.1) is 11.2 Å². The predicted octanol–water partition coefficient (Wildman–Crippen LogP) is 0.883. The second kappa shape index (κ2) is 8.03. The van der Waals surface area contributed by atoms with Crippen LogP contribution in [0.25, 0.3) is 0 Å². The molecule has 1 aromatic heterocycles. The van der Waals surface area contributed by atoms with E-state index in [1.807, 2.05) is 40.1 Å². The SMILES string of the molecule is CN(C[C@@H]1CCCN(CCN)C1)c1ncc(B2OC(C)(C)C(C)(C)O2)cn1. The van der Waals surface area contributed by atoms with E-state index in [1.165, 1.54) is 12.8 Å². The van der Waals surface area contributed by atoms with E-state index in [0.29, 0.717) is 5.92 Å². The number of nitrogens with zero attached hydrogens (tertiary/aromatic N) is 4. The molecule has 27 heavy (non-hydrogen) atoms. The Labute approximate surface area is 163 Å². The zero-order chi connectivity index (χ0) is 19.7. The minimum Gasteiger partial charge on any atom is -0.399 e. The first-order valence-corrected chi connectivity index (χ1v) is 10.0. The molecule has 3 rings (SSSR count). The highest BCUT2D eigenvalue weighted by Gasteiger charge is 2.51. The lowest BCUT2D eigenvalue weighted by Gasteiger charge is -2.34. The van der Waals surface area contributed by atoms with Crippen LogP contribution in [0.5, 0.6) is 0 Å². The van der Waals surface area contributed by atoms with Crippen molar-refractivity contribution in [3.8, 4) is 0 Å². The van der Waals surface area contributed by atoms with Crippen molar-refractivity contribution in [1.29, 1.82) is 0 Å². The quantitative estimate of drug-likeness (QED) is 0.740. The molecule has 2 N–H and O–H groups in total. The van der Waals surface area contributed by atoms with E-state index in [9.17, 15) is 0 Å². The van der Waals surface area contributed by atoms with Crippen LogP contribution in [0.4, 0.5) is 5.95 Å². The molecule has 1 atom stereocenters. The first kappa shape index (κ1) is 20.5. The highest BCUT2D eigenvalue weighted by Crippen LogP contribution is 2.36. The Morgan fingerprint density at radius 3 is 2.44 bits per heavy atom. The Bertz CT molecular complexity index is 607. The molecule has 0 spiro atoms. The lowest BCUT2D eigenvalue weighted by atomic mass is 9.81. The van der Waals surface area contributed by atoms with Gasteiger partial charge in [-0.3, -0.25) is 0 Å². The van der Waals surface area contributed by atoms with Crippen molar-refractivity contribution in [3.63, 3.8) is 0 Å². The van der Waals surface area contributed by atoms with Gasteiger partial charge in [0.1, 0.15) is 0 Å². The van der Waals surface area contributed by atoms with E-state index >= 15 is 0 Å². The summed E-state index contributed by atoms with van der Waals surface area (Å²) in [6, 6.07) is 0. The van der Waals surface area contributed by atoms with Gasteiger partial charge in [0.2, 0.25) is 5.95 Å². The van der Waals surface area contributed by atoms with Crippen molar-refractivity contribution in [2.24, 2.45) is 11.7 Å². The zero-order valence-corrected chi connectivity index (χ0v) is 17.4. The summed E-state index contributed by atoms with van der Waals surface area (Å²) < 4.78 is 12.2. The Balaban J connectivity index is 1.59. The Hall–Kier alpha value is -1.22. The highest BCUT2D eigenvalue weighted by molar-refractivity contribution is 6.61. The molecule has 0 radical (unpaired) electrons. The molecule has 3 heterocycles. The first-order valence-electron chi connectivity index (χ1n) is 10.0. The number of aromatic nitrogens is 2. The second-order valence-corrected chi connectivity index (χ2v) is 8.88. The standard InChI is InChI=1S/C19H34BN5O2/c1-18(2)19(3,4)27-20(26-18)16-11-22-17(23-12-16)24(5)13-15-7-6-9-25(14-15)10-8-21/h11-12,15H,6-10,13-14,21H2,1-5H3/t15-/m0/s1. The molecule has 8 heteroatoms. The van der Waals surface area contributed by atoms with Crippen molar-refractivity contribution in [1.82, 2.24) is 14.9 Å². The number of anilines is 1. The molecule has 0 unspecified atom stereocenters. The molecule has 0 aromatic carbocycles. The van der Waals surface area contributed by atoms with E-state index in [2.05, 4.69) is 26.8 Å². The van der Waals surface area contributed by atoms with Crippen LogP contribution in [-0.2, 0) is 9.31 Å². The molecule has 0 aliphatic carbocycles. The number of nitrogens with two attached hydrogens (primary N) is 1. The smallest absolute Gasteiger partial charge is 0.399 e. The molecule has 150 valence electrons. The number of hydrogen-bond acceptors (Lipinski definition) is 7. The van der Waals surface area contributed by atoms with Crippen LogP contribution in [0, 0.1) is 5.92 Å². The summed E-state index contributed by atoms with van der Waals surface area (Å²) in [6.07, 6.45) is 6.13.